The Hall–Kier alpha value is -2.54. The standard InChI is InChI=1S/C18H17NO9S/c20-14-15(21)17(28-18(16(14)22)29(23,24)25)27-11-6-3-7-19-13(11)12-8-9-4-1-2-5-10(9)26-12/h1-8,14-18,20-22H,(H,23,24,25)/t14-,15-,16+,17-,18?/m1/s1. The fraction of sp³-hybridized carbons (Fsp3) is 0.278. The Morgan fingerprint density at radius 3 is 2.48 bits per heavy atom. The van der Waals surface area contributed by atoms with E-state index in [0.29, 0.717) is 11.3 Å². The fourth-order valence-electron chi connectivity index (χ4n) is 3.06. The molecule has 3 heterocycles. The van der Waals surface area contributed by atoms with E-state index in [1.165, 1.54) is 18.3 Å². The number of pyridine rings is 1. The van der Waals surface area contributed by atoms with Gasteiger partial charge in [-0.1, -0.05) is 18.2 Å². The number of aliphatic hydroxyl groups is 3. The van der Waals surface area contributed by atoms with Crippen LogP contribution in [0, 0.1) is 0 Å². The maximum atomic E-state index is 11.4. The van der Waals surface area contributed by atoms with Crippen molar-refractivity contribution in [2.75, 3.05) is 0 Å². The third-order valence-corrected chi connectivity index (χ3v) is 5.47. The summed E-state index contributed by atoms with van der Waals surface area (Å²) in [6.07, 6.45) is -6.04. The van der Waals surface area contributed by atoms with Gasteiger partial charge in [-0.25, -0.2) is 4.98 Å². The minimum Gasteiger partial charge on any atom is -0.460 e. The summed E-state index contributed by atoms with van der Waals surface area (Å²) in [7, 11) is -4.89. The highest BCUT2D eigenvalue weighted by Crippen LogP contribution is 2.34. The molecule has 0 radical (unpaired) electrons. The van der Waals surface area contributed by atoms with E-state index >= 15 is 0 Å². The van der Waals surface area contributed by atoms with Gasteiger partial charge >= 0.3 is 0 Å². The first-order valence-electron chi connectivity index (χ1n) is 8.52. The number of hydrogen-bond donors (Lipinski definition) is 4. The highest BCUT2D eigenvalue weighted by Gasteiger charge is 2.50. The first-order chi connectivity index (χ1) is 13.8. The van der Waals surface area contributed by atoms with Crippen LogP contribution in [0.4, 0.5) is 0 Å². The van der Waals surface area contributed by atoms with Crippen LogP contribution in [0.3, 0.4) is 0 Å². The van der Waals surface area contributed by atoms with Gasteiger partial charge in [0.15, 0.2) is 11.5 Å². The Bertz CT molecular complexity index is 1100. The Morgan fingerprint density at radius 2 is 1.76 bits per heavy atom. The van der Waals surface area contributed by atoms with E-state index in [-0.39, 0.29) is 11.4 Å². The number of nitrogens with zero attached hydrogens (tertiary/aromatic N) is 1. The number of para-hydroxylation sites is 1. The molecular weight excluding hydrogens is 406 g/mol. The first-order valence-corrected chi connectivity index (χ1v) is 10.0. The molecular formula is C18H17NO9S. The Labute approximate surface area is 164 Å². The number of fused-ring (bicyclic) bond motifs is 1. The summed E-state index contributed by atoms with van der Waals surface area (Å²) in [5.74, 6) is 0.410. The van der Waals surface area contributed by atoms with Crippen molar-refractivity contribution in [1.29, 1.82) is 0 Å². The number of hydrogen-bond acceptors (Lipinski definition) is 9. The molecule has 29 heavy (non-hydrogen) atoms. The molecule has 154 valence electrons. The molecule has 1 aliphatic heterocycles. The molecule has 2 aromatic heterocycles. The van der Waals surface area contributed by atoms with Gasteiger partial charge in [0.2, 0.25) is 11.7 Å². The van der Waals surface area contributed by atoms with Crippen LogP contribution >= 0.6 is 0 Å². The number of aliphatic hydroxyl groups excluding tert-OH is 3. The molecule has 3 aromatic rings. The van der Waals surface area contributed by atoms with Crippen LogP contribution in [-0.4, -0.2) is 63.3 Å². The summed E-state index contributed by atoms with van der Waals surface area (Å²) in [5, 5.41) is 30.7. The van der Waals surface area contributed by atoms with Crippen LogP contribution in [0.1, 0.15) is 0 Å². The van der Waals surface area contributed by atoms with E-state index in [1.807, 2.05) is 12.1 Å². The molecule has 11 heteroatoms. The summed E-state index contributed by atoms with van der Waals surface area (Å²) in [5.41, 5.74) is -1.35. The van der Waals surface area contributed by atoms with Crippen molar-refractivity contribution >= 4 is 21.1 Å². The van der Waals surface area contributed by atoms with Crippen molar-refractivity contribution in [1.82, 2.24) is 4.98 Å². The van der Waals surface area contributed by atoms with E-state index in [9.17, 15) is 28.3 Å². The number of benzene rings is 1. The average Bonchev–Trinajstić information content (AvgIpc) is 3.12. The summed E-state index contributed by atoms with van der Waals surface area (Å²) in [4.78, 5) is 4.20. The molecule has 5 atom stereocenters. The smallest absolute Gasteiger partial charge is 0.295 e. The molecule has 1 unspecified atom stereocenters. The van der Waals surface area contributed by atoms with Gasteiger partial charge in [-0.3, -0.25) is 4.55 Å². The lowest BCUT2D eigenvalue weighted by molar-refractivity contribution is -0.254. The topological polar surface area (TPSA) is 160 Å². The third kappa shape index (κ3) is 3.71. The summed E-state index contributed by atoms with van der Waals surface area (Å²) < 4.78 is 48.4. The van der Waals surface area contributed by atoms with Gasteiger partial charge in [-0.2, -0.15) is 8.42 Å². The molecule has 1 fully saturated rings. The quantitative estimate of drug-likeness (QED) is 0.436. The van der Waals surface area contributed by atoms with Gasteiger partial charge in [0, 0.05) is 11.6 Å². The number of aromatic nitrogens is 1. The fourth-order valence-corrected chi connectivity index (χ4v) is 3.82. The zero-order chi connectivity index (χ0) is 20.8. The molecule has 1 aliphatic rings. The predicted octanol–water partition coefficient (Wildman–Crippen LogP) is 0.526. The lowest BCUT2D eigenvalue weighted by Crippen LogP contribution is -2.61. The second-order valence-corrected chi connectivity index (χ2v) is 7.97. The van der Waals surface area contributed by atoms with Gasteiger partial charge in [-0.05, 0) is 24.3 Å². The Kier molecular flexibility index (Phi) is 5.02. The molecule has 0 aliphatic carbocycles. The second kappa shape index (κ2) is 7.37. The molecule has 0 spiro atoms. The van der Waals surface area contributed by atoms with Crippen LogP contribution in [-0.2, 0) is 14.9 Å². The summed E-state index contributed by atoms with van der Waals surface area (Å²) in [6.45, 7) is 0. The lowest BCUT2D eigenvalue weighted by atomic mass is 10.1. The highest BCUT2D eigenvalue weighted by atomic mass is 32.2. The van der Waals surface area contributed by atoms with E-state index < -0.39 is 40.2 Å². The molecule has 4 rings (SSSR count). The van der Waals surface area contributed by atoms with Crippen LogP contribution in [0.15, 0.2) is 53.1 Å². The second-order valence-electron chi connectivity index (χ2n) is 6.48. The third-order valence-electron chi connectivity index (χ3n) is 4.49. The SMILES string of the molecule is O=S(=O)(O)C1O[C@@H](Oc2cccnc2-c2cc3ccccc3o2)[C@H](O)[C@@H](O)[C@@H]1O. The molecule has 0 bridgehead atoms. The average molecular weight is 423 g/mol. The maximum absolute atomic E-state index is 11.4. The molecule has 0 amide bonds. The Balaban J connectivity index is 1.67. The van der Waals surface area contributed by atoms with E-state index in [0.717, 1.165) is 5.39 Å². The monoisotopic (exact) mass is 423 g/mol. The van der Waals surface area contributed by atoms with Crippen LogP contribution in [0.2, 0.25) is 0 Å². The molecule has 1 saturated heterocycles. The van der Waals surface area contributed by atoms with Gasteiger partial charge in [0.05, 0.1) is 0 Å². The van der Waals surface area contributed by atoms with Gasteiger partial charge in [-0.15, -0.1) is 0 Å². The van der Waals surface area contributed by atoms with E-state index in [4.69, 9.17) is 13.9 Å². The lowest BCUT2D eigenvalue weighted by Gasteiger charge is -2.38. The van der Waals surface area contributed by atoms with Crippen molar-refractivity contribution < 1.29 is 42.2 Å². The van der Waals surface area contributed by atoms with Crippen molar-refractivity contribution in [3.63, 3.8) is 0 Å². The minimum atomic E-state index is -4.89. The Morgan fingerprint density at radius 1 is 1.00 bits per heavy atom. The summed E-state index contributed by atoms with van der Waals surface area (Å²) in [6, 6.07) is 12.0. The summed E-state index contributed by atoms with van der Waals surface area (Å²) >= 11 is 0. The first kappa shape index (κ1) is 19.8. The van der Waals surface area contributed by atoms with Gasteiger partial charge in [0.25, 0.3) is 10.1 Å². The van der Waals surface area contributed by atoms with Crippen LogP contribution < -0.4 is 4.74 Å². The largest absolute Gasteiger partial charge is 0.460 e. The number of furan rings is 1. The number of rotatable bonds is 4. The van der Waals surface area contributed by atoms with E-state index in [1.54, 1.807) is 18.2 Å². The van der Waals surface area contributed by atoms with Gasteiger partial charge < -0.3 is 29.2 Å². The van der Waals surface area contributed by atoms with Crippen molar-refractivity contribution in [3.8, 4) is 17.2 Å². The highest BCUT2D eigenvalue weighted by molar-refractivity contribution is 7.86. The molecule has 1 aromatic carbocycles. The van der Waals surface area contributed by atoms with E-state index in [2.05, 4.69) is 4.98 Å². The van der Waals surface area contributed by atoms with Gasteiger partial charge in [0.1, 0.15) is 29.6 Å². The maximum Gasteiger partial charge on any atom is 0.295 e. The van der Waals surface area contributed by atoms with Crippen molar-refractivity contribution in [3.05, 3.63) is 48.7 Å². The normalized spacial score (nSPS) is 27.8. The molecule has 4 N–H and O–H groups in total. The number of ether oxygens (including phenoxy) is 2. The van der Waals surface area contributed by atoms with Crippen LogP contribution in [0.5, 0.6) is 5.75 Å². The predicted molar refractivity (Wildman–Crippen MR) is 98.3 cm³/mol. The van der Waals surface area contributed by atoms with Crippen molar-refractivity contribution in [2.45, 2.75) is 30.0 Å². The molecule has 10 nitrogen and oxygen atoms in total. The van der Waals surface area contributed by atoms with Crippen LogP contribution in [0.25, 0.3) is 22.4 Å². The zero-order valence-corrected chi connectivity index (χ0v) is 15.5. The van der Waals surface area contributed by atoms with Crippen molar-refractivity contribution in [2.24, 2.45) is 0 Å². The molecule has 0 saturated carbocycles. The minimum absolute atomic E-state index is 0.0632. The zero-order valence-electron chi connectivity index (χ0n) is 14.7.